The molecule has 1 aliphatic carbocycles. The van der Waals surface area contributed by atoms with Crippen molar-refractivity contribution in [3.8, 4) is 0 Å². The molecule has 0 aliphatic heterocycles. The molecular formula is C10H19N3O2. The first-order valence-electron chi connectivity index (χ1n) is 5.39. The quantitative estimate of drug-likeness (QED) is 0.278. The topological polar surface area (TPSA) is 87.7 Å². The fraction of sp³-hybridized carbons (Fsp3) is 0.800. The lowest BCUT2D eigenvalue weighted by Gasteiger charge is -2.14. The second-order valence-corrected chi connectivity index (χ2v) is 4.15. The minimum Gasteiger partial charge on any atom is -0.409 e. The predicted molar refractivity (Wildman–Crippen MR) is 57.5 cm³/mol. The van der Waals surface area contributed by atoms with Crippen molar-refractivity contribution < 1.29 is 10.0 Å². The number of carbonyl (C=O) groups excluding carboxylic acids is 1. The summed E-state index contributed by atoms with van der Waals surface area (Å²) in [5.74, 6) is 0.881. The highest BCUT2D eigenvalue weighted by molar-refractivity contribution is 5.82. The van der Waals surface area contributed by atoms with Crippen LogP contribution in [-0.2, 0) is 4.79 Å². The molecule has 2 unspecified atom stereocenters. The van der Waals surface area contributed by atoms with E-state index in [1.165, 1.54) is 0 Å². The molecule has 0 spiro atoms. The van der Waals surface area contributed by atoms with Crippen molar-refractivity contribution >= 4 is 11.7 Å². The minimum absolute atomic E-state index is 0.103. The minimum atomic E-state index is 0.103. The third-order valence-electron chi connectivity index (χ3n) is 3.01. The van der Waals surface area contributed by atoms with E-state index in [4.69, 9.17) is 10.9 Å². The summed E-state index contributed by atoms with van der Waals surface area (Å²) in [7, 11) is 0. The van der Waals surface area contributed by atoms with Crippen molar-refractivity contribution in [2.24, 2.45) is 22.7 Å². The zero-order valence-electron chi connectivity index (χ0n) is 9.07. The average Bonchev–Trinajstić information content (AvgIpc) is 2.64. The number of carbonyl (C=O) groups is 1. The Morgan fingerprint density at radius 3 is 2.87 bits per heavy atom. The predicted octanol–water partition coefficient (Wildman–Crippen LogP) is 0.675. The molecule has 0 bridgehead atoms. The van der Waals surface area contributed by atoms with E-state index >= 15 is 0 Å². The van der Waals surface area contributed by atoms with Gasteiger partial charge in [-0.3, -0.25) is 4.79 Å². The maximum atomic E-state index is 11.7. The standard InChI is InChI=1S/C10H19N3O2/c1-7-3-2-4-8(7)10(14)12-6-5-9(11)13-15/h7-8,15H,2-6H2,1H3,(H2,11,13)(H,12,14). The zero-order valence-corrected chi connectivity index (χ0v) is 9.07. The second kappa shape index (κ2) is 5.58. The number of nitrogens with two attached hydrogens (primary N) is 1. The van der Waals surface area contributed by atoms with Crippen LogP contribution in [0.3, 0.4) is 0 Å². The Hall–Kier alpha value is -1.26. The van der Waals surface area contributed by atoms with Crippen LogP contribution in [0, 0.1) is 11.8 Å². The lowest BCUT2D eigenvalue weighted by molar-refractivity contribution is -0.125. The molecule has 5 nitrogen and oxygen atoms in total. The van der Waals surface area contributed by atoms with E-state index in [0.29, 0.717) is 18.9 Å². The number of nitrogens with one attached hydrogen (secondary N) is 1. The van der Waals surface area contributed by atoms with Gasteiger partial charge in [0.05, 0.1) is 0 Å². The molecule has 1 fully saturated rings. The lowest BCUT2D eigenvalue weighted by Crippen LogP contribution is -2.34. The van der Waals surface area contributed by atoms with E-state index < -0.39 is 0 Å². The number of amides is 1. The molecule has 0 heterocycles. The van der Waals surface area contributed by atoms with E-state index in [-0.39, 0.29) is 17.7 Å². The summed E-state index contributed by atoms with van der Waals surface area (Å²) in [6.45, 7) is 2.55. The molecule has 1 saturated carbocycles. The van der Waals surface area contributed by atoms with E-state index in [2.05, 4.69) is 17.4 Å². The van der Waals surface area contributed by atoms with Crippen LogP contribution >= 0.6 is 0 Å². The monoisotopic (exact) mass is 213 g/mol. The highest BCUT2D eigenvalue weighted by Gasteiger charge is 2.29. The summed E-state index contributed by atoms with van der Waals surface area (Å²) in [4.78, 5) is 11.7. The van der Waals surface area contributed by atoms with Crippen molar-refractivity contribution in [3.63, 3.8) is 0 Å². The van der Waals surface area contributed by atoms with Gasteiger partial charge < -0.3 is 16.3 Å². The Labute approximate surface area is 89.7 Å². The molecule has 15 heavy (non-hydrogen) atoms. The molecular weight excluding hydrogens is 194 g/mol. The number of hydrogen-bond donors (Lipinski definition) is 3. The smallest absolute Gasteiger partial charge is 0.223 e. The highest BCUT2D eigenvalue weighted by Crippen LogP contribution is 2.30. The Kier molecular flexibility index (Phi) is 4.39. The molecule has 1 amide bonds. The highest BCUT2D eigenvalue weighted by atomic mass is 16.4. The van der Waals surface area contributed by atoms with Crippen molar-refractivity contribution in [1.82, 2.24) is 5.32 Å². The first-order chi connectivity index (χ1) is 7.15. The molecule has 5 heteroatoms. The third kappa shape index (κ3) is 3.42. The van der Waals surface area contributed by atoms with Crippen molar-refractivity contribution in [2.75, 3.05) is 6.54 Å². The van der Waals surface area contributed by atoms with Crippen LogP contribution in [-0.4, -0.2) is 23.5 Å². The molecule has 0 aromatic carbocycles. The number of nitrogens with zero attached hydrogens (tertiary/aromatic N) is 1. The first kappa shape index (κ1) is 11.8. The normalized spacial score (nSPS) is 26.6. The van der Waals surface area contributed by atoms with Gasteiger partial charge in [0, 0.05) is 18.9 Å². The maximum absolute atomic E-state index is 11.7. The summed E-state index contributed by atoms with van der Waals surface area (Å²) < 4.78 is 0. The first-order valence-corrected chi connectivity index (χ1v) is 5.39. The summed E-state index contributed by atoms with van der Waals surface area (Å²) in [5, 5.41) is 14.0. The third-order valence-corrected chi connectivity index (χ3v) is 3.01. The molecule has 0 radical (unpaired) electrons. The van der Waals surface area contributed by atoms with Crippen LogP contribution < -0.4 is 11.1 Å². The Balaban J connectivity index is 2.24. The molecule has 0 saturated heterocycles. The number of oxime groups is 1. The van der Waals surface area contributed by atoms with Gasteiger partial charge in [-0.15, -0.1) is 0 Å². The SMILES string of the molecule is CC1CCCC1C(=O)NCCC(N)=NO. The zero-order chi connectivity index (χ0) is 11.3. The van der Waals surface area contributed by atoms with Crippen LogP contribution in [0.5, 0.6) is 0 Å². The number of amidine groups is 1. The second-order valence-electron chi connectivity index (χ2n) is 4.15. The summed E-state index contributed by atoms with van der Waals surface area (Å²) in [5.41, 5.74) is 5.29. The summed E-state index contributed by atoms with van der Waals surface area (Å²) in [6, 6.07) is 0. The van der Waals surface area contributed by atoms with Gasteiger partial charge in [0.2, 0.25) is 5.91 Å². The van der Waals surface area contributed by atoms with Crippen LogP contribution in [0.25, 0.3) is 0 Å². The molecule has 86 valence electrons. The van der Waals surface area contributed by atoms with E-state index in [1.54, 1.807) is 0 Å². The average molecular weight is 213 g/mol. The Morgan fingerprint density at radius 2 is 2.33 bits per heavy atom. The van der Waals surface area contributed by atoms with E-state index in [1.807, 2.05) is 0 Å². The van der Waals surface area contributed by atoms with Gasteiger partial charge >= 0.3 is 0 Å². The van der Waals surface area contributed by atoms with Gasteiger partial charge in [0.1, 0.15) is 5.84 Å². The van der Waals surface area contributed by atoms with E-state index in [9.17, 15) is 4.79 Å². The number of rotatable bonds is 4. The molecule has 4 N–H and O–H groups in total. The molecule has 0 aromatic heterocycles. The molecule has 0 aromatic rings. The van der Waals surface area contributed by atoms with Crippen LogP contribution in [0.1, 0.15) is 32.6 Å². The van der Waals surface area contributed by atoms with Crippen LogP contribution in [0.4, 0.5) is 0 Å². The Bertz CT molecular complexity index is 253. The van der Waals surface area contributed by atoms with E-state index in [0.717, 1.165) is 19.3 Å². The molecule has 2 atom stereocenters. The van der Waals surface area contributed by atoms with Gasteiger partial charge in [-0.1, -0.05) is 18.5 Å². The van der Waals surface area contributed by atoms with Crippen molar-refractivity contribution in [1.29, 1.82) is 0 Å². The van der Waals surface area contributed by atoms with Crippen LogP contribution in [0.2, 0.25) is 0 Å². The Morgan fingerprint density at radius 1 is 1.60 bits per heavy atom. The number of hydrogen-bond acceptors (Lipinski definition) is 3. The summed E-state index contributed by atoms with van der Waals surface area (Å²) in [6.07, 6.45) is 3.65. The fourth-order valence-electron chi connectivity index (χ4n) is 2.03. The van der Waals surface area contributed by atoms with Crippen molar-refractivity contribution in [2.45, 2.75) is 32.6 Å². The largest absolute Gasteiger partial charge is 0.409 e. The molecule has 1 aliphatic rings. The van der Waals surface area contributed by atoms with Gasteiger partial charge in [0.15, 0.2) is 0 Å². The van der Waals surface area contributed by atoms with Gasteiger partial charge in [-0.2, -0.15) is 0 Å². The maximum Gasteiger partial charge on any atom is 0.223 e. The van der Waals surface area contributed by atoms with Crippen LogP contribution in [0.15, 0.2) is 5.16 Å². The van der Waals surface area contributed by atoms with Gasteiger partial charge in [-0.05, 0) is 18.8 Å². The summed E-state index contributed by atoms with van der Waals surface area (Å²) >= 11 is 0. The fourth-order valence-corrected chi connectivity index (χ4v) is 2.03. The van der Waals surface area contributed by atoms with Crippen molar-refractivity contribution in [3.05, 3.63) is 0 Å². The molecule has 1 rings (SSSR count). The lowest BCUT2D eigenvalue weighted by atomic mass is 9.97. The van der Waals surface area contributed by atoms with Gasteiger partial charge in [-0.25, -0.2) is 0 Å². The van der Waals surface area contributed by atoms with Gasteiger partial charge in [0.25, 0.3) is 0 Å².